The molecule has 0 aromatic heterocycles. The van der Waals surface area contributed by atoms with Crippen molar-refractivity contribution in [1.82, 2.24) is 10.2 Å². The van der Waals surface area contributed by atoms with Crippen molar-refractivity contribution in [2.24, 2.45) is 0 Å². The van der Waals surface area contributed by atoms with Crippen molar-refractivity contribution in [3.63, 3.8) is 0 Å². The van der Waals surface area contributed by atoms with Crippen molar-refractivity contribution in [2.45, 2.75) is 70.3 Å². The Hall–Kier alpha value is -5.32. The molecule has 0 bridgehead atoms. The van der Waals surface area contributed by atoms with Gasteiger partial charge in [0.1, 0.15) is 0 Å². The van der Waals surface area contributed by atoms with Gasteiger partial charge in [-0.25, -0.2) is 0 Å². The van der Waals surface area contributed by atoms with E-state index < -0.39 is 6.29 Å². The number of carbonyl (C=O) groups excluding carboxylic acids is 2. The predicted molar refractivity (Wildman–Crippen MR) is 213 cm³/mol. The molecule has 0 saturated carbocycles. The Kier molecular flexibility index (Phi) is 13.6. The second kappa shape index (κ2) is 19.1. The minimum atomic E-state index is -0.538. The normalized spacial score (nSPS) is 16.9. The number of amides is 2. The summed E-state index contributed by atoms with van der Waals surface area (Å²) in [5.41, 5.74) is 14.3. The van der Waals surface area contributed by atoms with Crippen molar-refractivity contribution in [3.05, 3.63) is 155 Å². The van der Waals surface area contributed by atoms with Crippen LogP contribution in [0.2, 0.25) is 0 Å². The predicted octanol–water partition coefficient (Wildman–Crippen LogP) is 7.92. The maximum atomic E-state index is 12.6. The topological polar surface area (TPSA) is 126 Å². The first kappa shape index (κ1) is 38.4. The summed E-state index contributed by atoms with van der Waals surface area (Å²) in [5, 5.41) is 15.4. The molecule has 5 N–H and O–H groups in total. The number of aliphatic hydroxyl groups is 1. The molecule has 0 aliphatic carbocycles. The first-order chi connectivity index (χ1) is 26.3. The molecule has 2 amide bonds. The highest BCUT2D eigenvalue weighted by Gasteiger charge is 2.32. The summed E-state index contributed by atoms with van der Waals surface area (Å²) < 4.78 is 13.2. The van der Waals surface area contributed by atoms with Crippen molar-refractivity contribution in [2.75, 3.05) is 24.6 Å². The number of nitrogen functional groups attached to an aromatic ring is 1. The SMILES string of the molecule is CN(Cc1ccccc1)C[C@@H]1C[C@H](c2ccc(CO)cc2)O[C@H](c2ccc(-c3cccc(CNC(=O)CCCCC(=O)Nc4ccccc4N)c3)cc2)O1. The molecule has 54 heavy (non-hydrogen) atoms. The lowest BCUT2D eigenvalue weighted by atomic mass is 9.99. The Morgan fingerprint density at radius 1 is 0.741 bits per heavy atom. The van der Waals surface area contributed by atoms with Crippen LogP contribution < -0.4 is 16.4 Å². The number of hydrogen-bond acceptors (Lipinski definition) is 7. The number of carbonyl (C=O) groups is 2. The Bertz CT molecular complexity index is 1950. The highest BCUT2D eigenvalue weighted by atomic mass is 16.7. The molecule has 0 unspecified atom stereocenters. The highest BCUT2D eigenvalue weighted by Crippen LogP contribution is 2.38. The van der Waals surface area contributed by atoms with E-state index in [-0.39, 0.29) is 30.6 Å². The van der Waals surface area contributed by atoms with E-state index in [4.69, 9.17) is 15.2 Å². The molecule has 9 heteroatoms. The number of likely N-dealkylation sites (N-methyl/N-ethyl adjacent to an activating group) is 1. The molecule has 6 rings (SSSR count). The van der Waals surface area contributed by atoms with Gasteiger partial charge in [0.05, 0.1) is 30.2 Å². The molecule has 1 aliphatic rings. The molecular formula is C45H50N4O5. The van der Waals surface area contributed by atoms with Crippen molar-refractivity contribution in [3.8, 4) is 11.1 Å². The molecule has 0 radical (unpaired) electrons. The quantitative estimate of drug-likeness (QED) is 0.0601. The summed E-state index contributed by atoms with van der Waals surface area (Å²) in [6.45, 7) is 2.00. The van der Waals surface area contributed by atoms with E-state index in [0.29, 0.717) is 43.6 Å². The van der Waals surface area contributed by atoms with Crippen LogP contribution in [-0.4, -0.2) is 41.5 Å². The van der Waals surface area contributed by atoms with E-state index in [1.54, 1.807) is 12.1 Å². The van der Waals surface area contributed by atoms with Crippen LogP contribution in [0.15, 0.2) is 127 Å². The number of hydrogen-bond donors (Lipinski definition) is 4. The van der Waals surface area contributed by atoms with Gasteiger partial charge < -0.3 is 30.9 Å². The van der Waals surface area contributed by atoms with E-state index in [2.05, 4.69) is 83.2 Å². The van der Waals surface area contributed by atoms with Gasteiger partial charge >= 0.3 is 0 Å². The number of aliphatic hydroxyl groups excluding tert-OH is 1. The zero-order valence-corrected chi connectivity index (χ0v) is 30.8. The van der Waals surface area contributed by atoms with Gasteiger partial charge in [-0.2, -0.15) is 0 Å². The van der Waals surface area contributed by atoms with Gasteiger partial charge in [0.2, 0.25) is 11.8 Å². The number of unbranched alkanes of at least 4 members (excludes halogenated alkanes) is 1. The molecule has 0 spiro atoms. The summed E-state index contributed by atoms with van der Waals surface area (Å²) in [4.78, 5) is 27.1. The molecule has 280 valence electrons. The molecule has 1 aliphatic heterocycles. The number of ether oxygens (including phenoxy) is 2. The summed E-state index contributed by atoms with van der Waals surface area (Å²) in [7, 11) is 2.12. The molecule has 9 nitrogen and oxygen atoms in total. The lowest BCUT2D eigenvalue weighted by Crippen LogP contribution is -2.37. The van der Waals surface area contributed by atoms with Crippen LogP contribution in [0.4, 0.5) is 11.4 Å². The summed E-state index contributed by atoms with van der Waals surface area (Å²) >= 11 is 0. The average molecular weight is 727 g/mol. The van der Waals surface area contributed by atoms with Crippen LogP contribution in [0.25, 0.3) is 11.1 Å². The van der Waals surface area contributed by atoms with Gasteiger partial charge in [0.25, 0.3) is 0 Å². The largest absolute Gasteiger partial charge is 0.397 e. The fraction of sp³-hybridized carbons (Fsp3) is 0.289. The Morgan fingerprint density at radius 3 is 2.17 bits per heavy atom. The number of nitrogens with zero attached hydrogens (tertiary/aromatic N) is 1. The van der Waals surface area contributed by atoms with Crippen LogP contribution >= 0.6 is 0 Å². The highest BCUT2D eigenvalue weighted by molar-refractivity contribution is 5.93. The van der Waals surface area contributed by atoms with Gasteiger partial charge in [-0.15, -0.1) is 0 Å². The lowest BCUT2D eigenvalue weighted by molar-refractivity contribution is -0.252. The van der Waals surface area contributed by atoms with Crippen LogP contribution in [-0.2, 0) is 38.8 Å². The molecule has 5 aromatic carbocycles. The van der Waals surface area contributed by atoms with Crippen LogP contribution in [0, 0.1) is 0 Å². The summed E-state index contributed by atoms with van der Waals surface area (Å²) in [5.74, 6) is -0.157. The van der Waals surface area contributed by atoms with Gasteiger partial charge in [0.15, 0.2) is 6.29 Å². The minimum Gasteiger partial charge on any atom is -0.397 e. The molecule has 3 atom stereocenters. The van der Waals surface area contributed by atoms with E-state index in [0.717, 1.165) is 52.9 Å². The fourth-order valence-corrected chi connectivity index (χ4v) is 6.72. The smallest absolute Gasteiger partial charge is 0.224 e. The second-order valence-electron chi connectivity index (χ2n) is 14.0. The zero-order chi connectivity index (χ0) is 37.7. The standard InChI is InChI=1S/C45H50N4O5/c1-49(29-32-10-3-2-4-11-32)30-39-27-42(36-20-18-33(31-50)19-21-36)54-45(53-39)37-24-22-35(23-25-37)38-13-9-12-34(26-38)28-47-43(51)16-7-8-17-44(52)48-41-15-6-5-14-40(41)46/h2-6,9-15,18-26,39,42,45,50H,7-8,16-17,27-31,46H2,1H3,(H,47,51)(H,48,52)/t39-,42+,45+/m0/s1. The zero-order valence-electron chi connectivity index (χ0n) is 30.8. The molecule has 1 heterocycles. The van der Waals surface area contributed by atoms with E-state index in [1.165, 1.54) is 5.56 Å². The number of rotatable bonds is 16. The summed E-state index contributed by atoms with van der Waals surface area (Å²) in [6.07, 6.45) is 1.88. The third-order valence-electron chi connectivity index (χ3n) is 9.65. The maximum absolute atomic E-state index is 12.6. The van der Waals surface area contributed by atoms with Gasteiger partial charge in [0, 0.05) is 44.5 Å². The second-order valence-corrected chi connectivity index (χ2v) is 14.0. The maximum Gasteiger partial charge on any atom is 0.224 e. The Morgan fingerprint density at radius 2 is 1.43 bits per heavy atom. The van der Waals surface area contributed by atoms with Crippen LogP contribution in [0.1, 0.15) is 72.3 Å². The van der Waals surface area contributed by atoms with Crippen molar-refractivity contribution in [1.29, 1.82) is 0 Å². The monoisotopic (exact) mass is 726 g/mol. The van der Waals surface area contributed by atoms with E-state index in [9.17, 15) is 14.7 Å². The first-order valence-electron chi connectivity index (χ1n) is 18.7. The third-order valence-corrected chi connectivity index (χ3v) is 9.65. The van der Waals surface area contributed by atoms with Crippen molar-refractivity contribution >= 4 is 23.2 Å². The lowest BCUT2D eigenvalue weighted by Gasteiger charge is -2.38. The Balaban J connectivity index is 1.03. The van der Waals surface area contributed by atoms with Crippen LogP contribution in [0.5, 0.6) is 0 Å². The van der Waals surface area contributed by atoms with Gasteiger partial charge in [-0.05, 0) is 71.5 Å². The average Bonchev–Trinajstić information content (AvgIpc) is 3.20. The number of anilines is 2. The number of nitrogens with one attached hydrogen (secondary N) is 2. The number of para-hydroxylation sites is 2. The van der Waals surface area contributed by atoms with Gasteiger partial charge in [-0.1, -0.05) is 109 Å². The molecule has 1 fully saturated rings. The Labute approximate surface area is 318 Å². The first-order valence-corrected chi connectivity index (χ1v) is 18.7. The summed E-state index contributed by atoms with van der Waals surface area (Å²) in [6, 6.07) is 42.0. The minimum absolute atomic E-state index is 0.00387. The third kappa shape index (κ3) is 11.1. The van der Waals surface area contributed by atoms with Crippen LogP contribution in [0.3, 0.4) is 0 Å². The number of nitrogens with two attached hydrogens (primary N) is 1. The van der Waals surface area contributed by atoms with Crippen molar-refractivity contribution < 1.29 is 24.2 Å². The molecule has 5 aromatic rings. The fourth-order valence-electron chi connectivity index (χ4n) is 6.72. The van der Waals surface area contributed by atoms with E-state index >= 15 is 0 Å². The molecule has 1 saturated heterocycles. The van der Waals surface area contributed by atoms with Gasteiger partial charge in [-0.3, -0.25) is 14.5 Å². The molecular weight excluding hydrogens is 677 g/mol. The number of benzene rings is 5. The van der Waals surface area contributed by atoms with E-state index in [1.807, 2.05) is 54.6 Å².